The number of hydrogen-bond acceptors (Lipinski definition) is 4. The van der Waals surface area contributed by atoms with E-state index >= 15 is 0 Å². The molecule has 0 saturated carbocycles. The fraction of sp³-hybridized carbons (Fsp3) is 0.381. The first-order chi connectivity index (χ1) is 13.5. The predicted molar refractivity (Wildman–Crippen MR) is 109 cm³/mol. The lowest BCUT2D eigenvalue weighted by Gasteiger charge is -2.30. The summed E-state index contributed by atoms with van der Waals surface area (Å²) in [5.74, 6) is 1.96. The Labute approximate surface area is 170 Å². The van der Waals surface area contributed by atoms with Crippen LogP contribution in [0.3, 0.4) is 0 Å². The van der Waals surface area contributed by atoms with Crippen LogP contribution in [0.25, 0.3) is 0 Å². The molecule has 0 saturated heterocycles. The summed E-state index contributed by atoms with van der Waals surface area (Å²) in [6.45, 7) is 3.55. The van der Waals surface area contributed by atoms with E-state index < -0.39 is 0 Å². The monoisotopic (exact) mass is 405 g/mol. The maximum atomic E-state index is 12.9. The first-order valence-corrected chi connectivity index (χ1v) is 9.57. The normalized spacial score (nSPS) is 16.7. The molecule has 1 heterocycles. The number of hydrogen-bond donors (Lipinski definition) is 2. The molecule has 3 rings (SSSR count). The summed E-state index contributed by atoms with van der Waals surface area (Å²) in [7, 11) is 4.84. The van der Waals surface area contributed by atoms with Crippen molar-refractivity contribution in [1.82, 2.24) is 0 Å². The van der Waals surface area contributed by atoms with Crippen LogP contribution in [-0.2, 0) is 17.8 Å². The highest BCUT2D eigenvalue weighted by atomic mass is 35.5. The summed E-state index contributed by atoms with van der Waals surface area (Å²) in [6, 6.07) is 8.98. The van der Waals surface area contributed by atoms with Crippen molar-refractivity contribution in [3.63, 3.8) is 0 Å². The van der Waals surface area contributed by atoms with E-state index in [0.29, 0.717) is 22.2 Å². The maximum Gasteiger partial charge on any atom is 0.282 e. The van der Waals surface area contributed by atoms with Gasteiger partial charge in [-0.3, -0.25) is 4.79 Å². The minimum absolute atomic E-state index is 0.0699. The average Bonchev–Trinajstić information content (AvgIpc) is 2.71. The number of halogens is 1. The van der Waals surface area contributed by atoms with Crippen molar-refractivity contribution in [2.24, 2.45) is 0 Å². The molecular weight excluding hydrogens is 380 g/mol. The summed E-state index contributed by atoms with van der Waals surface area (Å²) in [5.41, 5.74) is 3.00. The third kappa shape index (κ3) is 4.18. The van der Waals surface area contributed by atoms with Crippen LogP contribution < -0.4 is 24.4 Å². The molecule has 6 nitrogen and oxygen atoms in total. The zero-order valence-corrected chi connectivity index (χ0v) is 17.4. The molecule has 0 aliphatic carbocycles. The minimum Gasteiger partial charge on any atom is -0.495 e. The van der Waals surface area contributed by atoms with Gasteiger partial charge < -0.3 is 24.4 Å². The lowest BCUT2D eigenvalue weighted by atomic mass is 9.97. The zero-order chi connectivity index (χ0) is 20.3. The van der Waals surface area contributed by atoms with Crippen LogP contribution in [0.4, 0.5) is 5.69 Å². The number of amides is 1. The van der Waals surface area contributed by atoms with Gasteiger partial charge in [-0.1, -0.05) is 11.6 Å². The molecule has 1 aliphatic heterocycles. The van der Waals surface area contributed by atoms with Gasteiger partial charge in [0.1, 0.15) is 12.3 Å². The van der Waals surface area contributed by atoms with Crippen LogP contribution in [0, 0.1) is 0 Å². The van der Waals surface area contributed by atoms with Gasteiger partial charge in [0.15, 0.2) is 17.5 Å². The molecule has 150 valence electrons. The van der Waals surface area contributed by atoms with Gasteiger partial charge in [-0.05, 0) is 42.8 Å². The standard InChI is InChI=1S/C21H25ClN2O4/c1-13(21(25)23-17-11-16(22)5-6-18(17)26-2)24-8-7-14-9-19(27-3)20(28-4)10-15(14)12-24/h5-6,9-11,13H,7-8,12H2,1-4H3,(H,23,25)/p+1/t13-/m1/s1. The smallest absolute Gasteiger partial charge is 0.282 e. The summed E-state index contributed by atoms with van der Waals surface area (Å²) in [6.07, 6.45) is 0.878. The van der Waals surface area contributed by atoms with Gasteiger partial charge >= 0.3 is 0 Å². The summed E-state index contributed by atoms with van der Waals surface area (Å²) >= 11 is 6.06. The molecule has 0 radical (unpaired) electrons. The molecule has 2 N–H and O–H groups in total. The number of benzene rings is 2. The third-order valence-electron chi connectivity index (χ3n) is 5.26. The number of carbonyl (C=O) groups excluding carboxylic acids is 1. The number of quaternary nitrogens is 1. The average molecular weight is 406 g/mol. The van der Waals surface area contributed by atoms with Crippen molar-refractivity contribution in [2.75, 3.05) is 33.2 Å². The molecule has 2 aromatic carbocycles. The number of ether oxygens (including phenoxy) is 3. The number of carbonyl (C=O) groups is 1. The highest BCUT2D eigenvalue weighted by molar-refractivity contribution is 6.31. The fourth-order valence-electron chi connectivity index (χ4n) is 3.56. The molecule has 0 aromatic heterocycles. The largest absolute Gasteiger partial charge is 0.495 e. The number of nitrogens with one attached hydrogen (secondary N) is 2. The van der Waals surface area contributed by atoms with E-state index in [1.165, 1.54) is 16.0 Å². The molecule has 0 spiro atoms. The Kier molecular flexibility index (Phi) is 6.31. The second-order valence-corrected chi connectivity index (χ2v) is 7.30. The first-order valence-electron chi connectivity index (χ1n) is 9.19. The summed E-state index contributed by atoms with van der Waals surface area (Å²) in [4.78, 5) is 14.0. The fourth-order valence-corrected chi connectivity index (χ4v) is 3.73. The zero-order valence-electron chi connectivity index (χ0n) is 16.6. The number of fused-ring (bicyclic) bond motifs is 1. The van der Waals surface area contributed by atoms with Gasteiger partial charge in [0.25, 0.3) is 5.91 Å². The second-order valence-electron chi connectivity index (χ2n) is 6.87. The Morgan fingerprint density at radius 2 is 1.68 bits per heavy atom. The van der Waals surface area contributed by atoms with E-state index in [1.807, 2.05) is 19.1 Å². The van der Waals surface area contributed by atoms with Gasteiger partial charge in [0.2, 0.25) is 0 Å². The Hall–Kier alpha value is -2.44. The molecule has 0 fully saturated rings. The molecule has 0 bridgehead atoms. The Balaban J connectivity index is 1.74. The van der Waals surface area contributed by atoms with Crippen LogP contribution in [0.2, 0.25) is 5.02 Å². The Bertz CT molecular complexity index is 872. The molecule has 1 amide bonds. The molecule has 1 aliphatic rings. The van der Waals surface area contributed by atoms with Gasteiger partial charge in [-0.25, -0.2) is 0 Å². The predicted octanol–water partition coefficient (Wildman–Crippen LogP) is 2.33. The Morgan fingerprint density at radius 3 is 2.32 bits per heavy atom. The van der Waals surface area contributed by atoms with Crippen LogP contribution in [0.5, 0.6) is 17.2 Å². The molecule has 28 heavy (non-hydrogen) atoms. The maximum absolute atomic E-state index is 12.9. The number of methoxy groups -OCH3 is 3. The van der Waals surface area contributed by atoms with Gasteiger partial charge in [-0.15, -0.1) is 0 Å². The molecule has 7 heteroatoms. The highest BCUT2D eigenvalue weighted by Gasteiger charge is 2.30. The van der Waals surface area contributed by atoms with Gasteiger partial charge in [0, 0.05) is 17.0 Å². The van der Waals surface area contributed by atoms with E-state index in [-0.39, 0.29) is 11.9 Å². The van der Waals surface area contributed by atoms with Crippen molar-refractivity contribution in [3.8, 4) is 17.2 Å². The first kappa shape index (κ1) is 20.3. The second kappa shape index (κ2) is 8.71. The van der Waals surface area contributed by atoms with E-state index in [2.05, 4.69) is 5.32 Å². The third-order valence-corrected chi connectivity index (χ3v) is 5.50. The van der Waals surface area contributed by atoms with Crippen molar-refractivity contribution in [2.45, 2.75) is 25.9 Å². The highest BCUT2D eigenvalue weighted by Crippen LogP contribution is 2.31. The van der Waals surface area contributed by atoms with Crippen molar-refractivity contribution >= 4 is 23.2 Å². The summed E-state index contributed by atoms with van der Waals surface area (Å²) < 4.78 is 16.1. The quantitative estimate of drug-likeness (QED) is 0.774. The van der Waals surface area contributed by atoms with Gasteiger partial charge in [0.05, 0.1) is 33.6 Å². The Morgan fingerprint density at radius 1 is 1.04 bits per heavy atom. The van der Waals surface area contributed by atoms with E-state index in [9.17, 15) is 4.79 Å². The topological polar surface area (TPSA) is 61.2 Å². The van der Waals surface area contributed by atoms with Crippen molar-refractivity contribution < 1.29 is 23.9 Å². The van der Waals surface area contributed by atoms with Crippen molar-refractivity contribution in [3.05, 3.63) is 46.5 Å². The number of anilines is 1. The SMILES string of the molecule is COc1ccc(Cl)cc1NC(=O)[C@@H](C)[NH+]1CCc2cc(OC)c(OC)cc2C1. The van der Waals surface area contributed by atoms with Crippen molar-refractivity contribution in [1.29, 1.82) is 0 Å². The van der Waals surface area contributed by atoms with Crippen LogP contribution in [0.1, 0.15) is 18.1 Å². The lowest BCUT2D eigenvalue weighted by molar-refractivity contribution is -0.929. The molecule has 2 atom stereocenters. The lowest BCUT2D eigenvalue weighted by Crippen LogP contribution is -3.16. The van der Waals surface area contributed by atoms with Crippen LogP contribution >= 0.6 is 11.6 Å². The molecule has 1 unspecified atom stereocenters. The van der Waals surface area contributed by atoms with Crippen LogP contribution in [-0.4, -0.2) is 39.8 Å². The number of rotatable bonds is 6. The van der Waals surface area contributed by atoms with Crippen LogP contribution in [0.15, 0.2) is 30.3 Å². The minimum atomic E-state index is -0.232. The van der Waals surface area contributed by atoms with E-state index in [0.717, 1.165) is 25.3 Å². The molecule has 2 aromatic rings. The van der Waals surface area contributed by atoms with E-state index in [1.54, 1.807) is 39.5 Å². The summed E-state index contributed by atoms with van der Waals surface area (Å²) in [5, 5.41) is 3.50. The van der Waals surface area contributed by atoms with E-state index in [4.69, 9.17) is 25.8 Å². The molecular formula is C21H26ClN2O4+. The van der Waals surface area contributed by atoms with Gasteiger partial charge in [-0.2, -0.15) is 0 Å².